The lowest BCUT2D eigenvalue weighted by Gasteiger charge is -2.21. The molecule has 5 N–H and O–H groups in total. The fourth-order valence-corrected chi connectivity index (χ4v) is 1.95. The molecule has 1 fully saturated rings. The van der Waals surface area contributed by atoms with Gasteiger partial charge in [0.05, 0.1) is 5.41 Å². The average Bonchev–Trinajstić information content (AvgIpc) is 2.74. The molecule has 1 atom stereocenters. The second kappa shape index (κ2) is 4.17. The first-order valence-electron chi connectivity index (χ1n) is 5.40. The van der Waals surface area contributed by atoms with Crippen LogP contribution in [0.4, 0.5) is 11.8 Å². The van der Waals surface area contributed by atoms with Crippen LogP contribution in [0.1, 0.15) is 13.3 Å². The van der Waals surface area contributed by atoms with Crippen molar-refractivity contribution in [2.75, 3.05) is 23.4 Å². The fraction of sp³-hybridized carbons (Fsp3) is 0.500. The van der Waals surface area contributed by atoms with Gasteiger partial charge in [-0.25, -0.2) is 10.8 Å². The van der Waals surface area contributed by atoms with Crippen molar-refractivity contribution < 1.29 is 4.79 Å². The normalized spacial score (nSPS) is 23.8. The zero-order chi connectivity index (χ0) is 12.5. The first-order valence-corrected chi connectivity index (χ1v) is 5.40. The number of anilines is 2. The third-order valence-electron chi connectivity index (χ3n) is 3.16. The van der Waals surface area contributed by atoms with Crippen LogP contribution < -0.4 is 21.9 Å². The summed E-state index contributed by atoms with van der Waals surface area (Å²) in [5, 5.41) is 0. The third kappa shape index (κ3) is 2.14. The predicted molar refractivity (Wildman–Crippen MR) is 64.0 cm³/mol. The minimum atomic E-state index is -0.485. The Hall–Kier alpha value is -1.89. The van der Waals surface area contributed by atoms with E-state index in [1.165, 1.54) is 0 Å². The van der Waals surface area contributed by atoms with Gasteiger partial charge in [-0.15, -0.1) is 0 Å². The number of hydrogen-bond acceptors (Lipinski definition) is 6. The van der Waals surface area contributed by atoms with Crippen LogP contribution in [0.2, 0.25) is 0 Å². The van der Waals surface area contributed by atoms with E-state index < -0.39 is 5.41 Å². The summed E-state index contributed by atoms with van der Waals surface area (Å²) in [5.74, 6) is 6.08. The molecule has 1 amide bonds. The molecule has 1 saturated heterocycles. The first kappa shape index (κ1) is 11.6. The highest BCUT2D eigenvalue weighted by atomic mass is 16.1. The zero-order valence-electron chi connectivity index (χ0n) is 9.68. The minimum absolute atomic E-state index is 0.272. The van der Waals surface area contributed by atoms with Crippen molar-refractivity contribution in [2.24, 2.45) is 17.0 Å². The van der Waals surface area contributed by atoms with Gasteiger partial charge in [-0.2, -0.15) is 4.98 Å². The first-order chi connectivity index (χ1) is 8.05. The smallest absolute Gasteiger partial charge is 0.239 e. The Morgan fingerprint density at radius 2 is 2.41 bits per heavy atom. The predicted octanol–water partition coefficient (Wildman–Crippen LogP) is -0.536. The molecule has 1 aromatic rings. The Kier molecular flexibility index (Phi) is 2.84. The lowest BCUT2D eigenvalue weighted by atomic mass is 9.89. The molecule has 0 aromatic carbocycles. The summed E-state index contributed by atoms with van der Waals surface area (Å²) in [6.07, 6.45) is 2.36. The van der Waals surface area contributed by atoms with Gasteiger partial charge in [0.1, 0.15) is 5.82 Å². The molecule has 92 valence electrons. The van der Waals surface area contributed by atoms with Gasteiger partial charge in [-0.3, -0.25) is 10.2 Å². The lowest BCUT2D eigenvalue weighted by Crippen LogP contribution is -2.37. The number of hydrogen-bond donors (Lipinski definition) is 3. The second-order valence-corrected chi connectivity index (χ2v) is 4.48. The number of carbonyl (C=O) groups is 1. The van der Waals surface area contributed by atoms with Gasteiger partial charge in [0.15, 0.2) is 0 Å². The van der Waals surface area contributed by atoms with Gasteiger partial charge in [0.25, 0.3) is 0 Å². The number of nitrogen functional groups attached to an aromatic ring is 1. The van der Waals surface area contributed by atoms with Gasteiger partial charge in [0, 0.05) is 19.3 Å². The average molecular weight is 236 g/mol. The maximum absolute atomic E-state index is 11.4. The standard InChI is InChI=1S/C10H16N6O/c1-10(8(11)17)3-5-16(6-10)7-2-4-13-9(14-7)15-12/h2,4H,3,5-6,12H2,1H3,(H2,11,17)(H,13,14,15). The van der Waals surface area contributed by atoms with Crippen molar-refractivity contribution in [3.8, 4) is 0 Å². The second-order valence-electron chi connectivity index (χ2n) is 4.48. The van der Waals surface area contributed by atoms with Crippen LogP contribution in [0.5, 0.6) is 0 Å². The highest BCUT2D eigenvalue weighted by Gasteiger charge is 2.39. The lowest BCUT2D eigenvalue weighted by molar-refractivity contribution is -0.125. The number of carbonyl (C=O) groups excluding carboxylic acids is 1. The summed E-state index contributed by atoms with van der Waals surface area (Å²) < 4.78 is 0. The molecule has 7 heteroatoms. The maximum Gasteiger partial charge on any atom is 0.239 e. The summed E-state index contributed by atoms with van der Waals surface area (Å²) >= 11 is 0. The molecule has 0 radical (unpaired) electrons. The SMILES string of the molecule is CC1(C(N)=O)CCN(c2ccnc(NN)n2)C1. The molecule has 0 spiro atoms. The minimum Gasteiger partial charge on any atom is -0.369 e. The molecule has 0 saturated carbocycles. The fourth-order valence-electron chi connectivity index (χ4n) is 1.95. The quantitative estimate of drug-likeness (QED) is 0.480. The molecule has 1 aromatic heterocycles. The van der Waals surface area contributed by atoms with Gasteiger partial charge < -0.3 is 10.6 Å². The highest BCUT2D eigenvalue weighted by Crippen LogP contribution is 2.32. The Bertz CT molecular complexity index is 437. The van der Waals surface area contributed by atoms with E-state index in [-0.39, 0.29) is 5.91 Å². The monoisotopic (exact) mass is 236 g/mol. The summed E-state index contributed by atoms with van der Waals surface area (Å²) in [6, 6.07) is 1.79. The highest BCUT2D eigenvalue weighted by molar-refractivity contribution is 5.82. The van der Waals surface area contributed by atoms with E-state index in [9.17, 15) is 4.79 Å². The van der Waals surface area contributed by atoms with Crippen molar-refractivity contribution >= 4 is 17.7 Å². The van der Waals surface area contributed by atoms with Gasteiger partial charge in [-0.05, 0) is 19.4 Å². The van der Waals surface area contributed by atoms with Crippen LogP contribution >= 0.6 is 0 Å². The van der Waals surface area contributed by atoms with E-state index in [1.807, 2.05) is 11.8 Å². The molecule has 2 heterocycles. The van der Waals surface area contributed by atoms with Crippen LogP contribution in [-0.2, 0) is 4.79 Å². The van der Waals surface area contributed by atoms with Gasteiger partial charge in [0.2, 0.25) is 11.9 Å². The van der Waals surface area contributed by atoms with E-state index in [4.69, 9.17) is 11.6 Å². The number of rotatable bonds is 3. The Balaban J connectivity index is 2.17. The topological polar surface area (TPSA) is 110 Å². The van der Waals surface area contributed by atoms with Crippen molar-refractivity contribution in [2.45, 2.75) is 13.3 Å². The molecule has 0 bridgehead atoms. The molecular weight excluding hydrogens is 220 g/mol. The van der Waals surface area contributed by atoms with Crippen molar-refractivity contribution in [1.29, 1.82) is 0 Å². The van der Waals surface area contributed by atoms with Crippen molar-refractivity contribution in [1.82, 2.24) is 9.97 Å². The number of amides is 1. The number of nitrogens with zero attached hydrogens (tertiary/aromatic N) is 3. The van der Waals surface area contributed by atoms with Gasteiger partial charge in [-0.1, -0.05) is 0 Å². The van der Waals surface area contributed by atoms with Crippen LogP contribution in [0, 0.1) is 5.41 Å². The van der Waals surface area contributed by atoms with E-state index >= 15 is 0 Å². The van der Waals surface area contributed by atoms with Crippen LogP contribution in [0.3, 0.4) is 0 Å². The van der Waals surface area contributed by atoms with Crippen LogP contribution in [-0.4, -0.2) is 29.0 Å². The number of nitrogens with one attached hydrogen (secondary N) is 1. The molecular formula is C10H16N6O. The molecule has 1 aliphatic rings. The van der Waals surface area contributed by atoms with E-state index in [0.29, 0.717) is 12.5 Å². The number of nitrogens with two attached hydrogens (primary N) is 2. The summed E-state index contributed by atoms with van der Waals surface area (Å²) in [6.45, 7) is 3.20. The van der Waals surface area contributed by atoms with E-state index in [0.717, 1.165) is 18.8 Å². The Morgan fingerprint density at radius 1 is 1.65 bits per heavy atom. The zero-order valence-corrected chi connectivity index (χ0v) is 9.68. The van der Waals surface area contributed by atoms with Crippen molar-refractivity contribution in [3.05, 3.63) is 12.3 Å². The Morgan fingerprint density at radius 3 is 3.00 bits per heavy atom. The molecule has 17 heavy (non-hydrogen) atoms. The van der Waals surface area contributed by atoms with Crippen molar-refractivity contribution in [3.63, 3.8) is 0 Å². The number of primary amides is 1. The third-order valence-corrected chi connectivity index (χ3v) is 3.16. The summed E-state index contributed by atoms with van der Waals surface area (Å²) in [5.41, 5.74) is 7.31. The largest absolute Gasteiger partial charge is 0.369 e. The number of aromatic nitrogens is 2. The summed E-state index contributed by atoms with van der Waals surface area (Å²) in [7, 11) is 0. The van der Waals surface area contributed by atoms with Gasteiger partial charge >= 0.3 is 0 Å². The molecule has 1 aliphatic heterocycles. The number of hydrazine groups is 1. The summed E-state index contributed by atoms with van der Waals surface area (Å²) in [4.78, 5) is 21.5. The van der Waals surface area contributed by atoms with Crippen LogP contribution in [0.15, 0.2) is 12.3 Å². The van der Waals surface area contributed by atoms with Crippen LogP contribution in [0.25, 0.3) is 0 Å². The molecule has 1 unspecified atom stereocenters. The molecule has 2 rings (SSSR count). The molecule has 7 nitrogen and oxygen atoms in total. The maximum atomic E-state index is 11.4. The molecule has 0 aliphatic carbocycles. The van der Waals surface area contributed by atoms with E-state index in [2.05, 4.69) is 15.4 Å². The Labute approximate surface area is 99.2 Å². The van der Waals surface area contributed by atoms with E-state index in [1.54, 1.807) is 12.3 Å².